The summed E-state index contributed by atoms with van der Waals surface area (Å²) in [6.07, 6.45) is 3.62. The molecule has 0 spiro atoms. The van der Waals surface area contributed by atoms with Gasteiger partial charge in [-0.1, -0.05) is 25.4 Å². The van der Waals surface area contributed by atoms with Crippen molar-refractivity contribution in [1.82, 2.24) is 5.32 Å². The van der Waals surface area contributed by atoms with Gasteiger partial charge in [0.25, 0.3) is 0 Å². The van der Waals surface area contributed by atoms with Crippen LogP contribution in [0.1, 0.15) is 44.6 Å². The summed E-state index contributed by atoms with van der Waals surface area (Å²) in [4.78, 5) is 0. The Labute approximate surface area is 133 Å². The fraction of sp³-hybridized carbons (Fsp3) is 0.625. The second kappa shape index (κ2) is 8.76. The van der Waals surface area contributed by atoms with Crippen molar-refractivity contribution in [1.29, 1.82) is 0 Å². The van der Waals surface area contributed by atoms with E-state index in [1.165, 1.54) is 18.4 Å². The number of hydrogen-bond acceptors (Lipinski definition) is 2. The largest absolute Gasteiger partial charge is 0.493 e. The van der Waals surface area contributed by atoms with Gasteiger partial charge in [0.15, 0.2) is 0 Å². The van der Waals surface area contributed by atoms with Gasteiger partial charge in [0, 0.05) is 17.5 Å². The predicted octanol–water partition coefficient (Wildman–Crippen LogP) is 4.65. The number of ether oxygens (including phenoxy) is 1. The van der Waals surface area contributed by atoms with Crippen LogP contribution in [0.25, 0.3) is 0 Å². The third-order valence-corrected chi connectivity index (χ3v) is 4.22. The molecule has 1 saturated heterocycles. The first kappa shape index (κ1) is 17.6. The van der Waals surface area contributed by atoms with E-state index in [2.05, 4.69) is 19.2 Å². The molecule has 0 amide bonds. The smallest absolute Gasteiger partial charge is 0.122 e. The minimum atomic E-state index is 0. The van der Waals surface area contributed by atoms with Crippen molar-refractivity contribution >= 4 is 24.0 Å². The molecular formula is C16H25Cl2NO. The molecule has 1 N–H and O–H groups in total. The van der Waals surface area contributed by atoms with E-state index < -0.39 is 0 Å². The monoisotopic (exact) mass is 317 g/mol. The van der Waals surface area contributed by atoms with Crippen molar-refractivity contribution in [3.8, 4) is 5.75 Å². The van der Waals surface area contributed by atoms with Gasteiger partial charge >= 0.3 is 0 Å². The normalized spacial score (nSPS) is 20.1. The lowest BCUT2D eigenvalue weighted by Crippen LogP contribution is -2.33. The van der Waals surface area contributed by atoms with E-state index in [-0.39, 0.29) is 12.4 Å². The van der Waals surface area contributed by atoms with E-state index in [1.807, 2.05) is 18.2 Å². The van der Waals surface area contributed by atoms with Crippen LogP contribution in [0, 0.1) is 5.92 Å². The molecule has 1 aliphatic heterocycles. The van der Waals surface area contributed by atoms with Crippen molar-refractivity contribution in [2.24, 2.45) is 5.92 Å². The van der Waals surface area contributed by atoms with Gasteiger partial charge in [-0.3, -0.25) is 0 Å². The minimum Gasteiger partial charge on any atom is -0.493 e. The van der Waals surface area contributed by atoms with Crippen molar-refractivity contribution in [2.45, 2.75) is 39.0 Å². The molecule has 0 bridgehead atoms. The Hall–Kier alpha value is -0.440. The Kier molecular flexibility index (Phi) is 7.71. The zero-order valence-electron chi connectivity index (χ0n) is 12.3. The van der Waals surface area contributed by atoms with E-state index in [0.717, 1.165) is 36.9 Å². The molecular weight excluding hydrogens is 293 g/mol. The lowest BCUT2D eigenvalue weighted by Gasteiger charge is -2.24. The van der Waals surface area contributed by atoms with Crippen molar-refractivity contribution in [2.75, 3.05) is 19.7 Å². The first-order valence-electron chi connectivity index (χ1n) is 7.33. The zero-order chi connectivity index (χ0) is 13.7. The van der Waals surface area contributed by atoms with Crippen LogP contribution < -0.4 is 10.1 Å². The van der Waals surface area contributed by atoms with Crippen molar-refractivity contribution in [3.05, 3.63) is 28.8 Å². The summed E-state index contributed by atoms with van der Waals surface area (Å²) in [5, 5.41) is 4.22. The first-order chi connectivity index (χ1) is 9.20. The number of benzene rings is 1. The van der Waals surface area contributed by atoms with Crippen LogP contribution in [0.3, 0.4) is 0 Å². The minimum absolute atomic E-state index is 0. The van der Waals surface area contributed by atoms with Crippen LogP contribution in [0.15, 0.2) is 18.2 Å². The highest BCUT2D eigenvalue weighted by Gasteiger charge is 2.16. The average Bonchev–Trinajstić information content (AvgIpc) is 2.46. The van der Waals surface area contributed by atoms with Crippen molar-refractivity contribution in [3.63, 3.8) is 0 Å². The number of nitrogens with one attached hydrogen (secondary N) is 1. The van der Waals surface area contributed by atoms with Crippen LogP contribution in [-0.2, 0) is 0 Å². The maximum absolute atomic E-state index is 6.10. The molecule has 2 nitrogen and oxygen atoms in total. The first-order valence-corrected chi connectivity index (χ1v) is 7.71. The van der Waals surface area contributed by atoms with Gasteiger partial charge < -0.3 is 10.1 Å². The van der Waals surface area contributed by atoms with E-state index in [4.69, 9.17) is 16.3 Å². The van der Waals surface area contributed by atoms with Gasteiger partial charge in [-0.25, -0.2) is 0 Å². The molecule has 0 aromatic heterocycles. The molecule has 2 unspecified atom stereocenters. The van der Waals surface area contributed by atoms with Gasteiger partial charge in [-0.05, 0) is 55.5 Å². The third kappa shape index (κ3) is 4.83. The fourth-order valence-electron chi connectivity index (χ4n) is 2.53. The lowest BCUT2D eigenvalue weighted by molar-refractivity contribution is 0.216. The van der Waals surface area contributed by atoms with Gasteiger partial charge in [0.05, 0.1) is 6.61 Å². The summed E-state index contributed by atoms with van der Waals surface area (Å²) < 4.78 is 6.06. The molecule has 4 heteroatoms. The SMILES string of the molecule is CCC(C)c1cc(Cl)ccc1OCC1CCCNC1.Cl. The topological polar surface area (TPSA) is 21.3 Å². The quantitative estimate of drug-likeness (QED) is 0.853. The molecule has 1 aromatic rings. The van der Waals surface area contributed by atoms with E-state index >= 15 is 0 Å². The summed E-state index contributed by atoms with van der Waals surface area (Å²) in [5.74, 6) is 2.12. The Morgan fingerprint density at radius 1 is 1.45 bits per heavy atom. The highest BCUT2D eigenvalue weighted by Crippen LogP contribution is 2.31. The van der Waals surface area contributed by atoms with E-state index in [0.29, 0.717) is 11.8 Å². The standard InChI is InChI=1S/C16H24ClNO.ClH/c1-3-12(2)15-9-14(17)6-7-16(15)19-11-13-5-4-8-18-10-13;/h6-7,9,12-13,18H,3-5,8,10-11H2,1-2H3;1H. The Bertz CT molecular complexity index is 405. The summed E-state index contributed by atoms with van der Waals surface area (Å²) in [5.41, 5.74) is 1.23. The number of hydrogen-bond donors (Lipinski definition) is 1. The molecule has 114 valence electrons. The second-order valence-corrected chi connectivity index (χ2v) is 5.95. The second-order valence-electron chi connectivity index (χ2n) is 5.51. The number of piperidine rings is 1. The highest BCUT2D eigenvalue weighted by molar-refractivity contribution is 6.30. The van der Waals surface area contributed by atoms with Crippen LogP contribution >= 0.6 is 24.0 Å². The van der Waals surface area contributed by atoms with E-state index in [9.17, 15) is 0 Å². The Morgan fingerprint density at radius 2 is 2.25 bits per heavy atom. The maximum Gasteiger partial charge on any atom is 0.122 e. The third-order valence-electron chi connectivity index (χ3n) is 3.99. The van der Waals surface area contributed by atoms with E-state index in [1.54, 1.807) is 0 Å². The van der Waals surface area contributed by atoms with Crippen LogP contribution in [-0.4, -0.2) is 19.7 Å². The Balaban J connectivity index is 0.00000200. The molecule has 0 saturated carbocycles. The fourth-order valence-corrected chi connectivity index (χ4v) is 2.71. The van der Waals surface area contributed by atoms with Gasteiger partial charge in [0.1, 0.15) is 5.75 Å². The van der Waals surface area contributed by atoms with Gasteiger partial charge in [-0.15, -0.1) is 12.4 Å². The van der Waals surface area contributed by atoms with Crippen molar-refractivity contribution < 1.29 is 4.74 Å². The summed E-state index contributed by atoms with van der Waals surface area (Å²) in [6, 6.07) is 5.98. The molecule has 1 fully saturated rings. The highest BCUT2D eigenvalue weighted by atomic mass is 35.5. The van der Waals surface area contributed by atoms with Crippen LogP contribution in [0.2, 0.25) is 5.02 Å². The molecule has 1 aliphatic rings. The summed E-state index contributed by atoms with van der Waals surface area (Å²) in [6.45, 7) is 7.45. The molecule has 0 aliphatic carbocycles. The number of rotatable bonds is 5. The van der Waals surface area contributed by atoms with Gasteiger partial charge in [0.2, 0.25) is 0 Å². The summed E-state index contributed by atoms with van der Waals surface area (Å²) in [7, 11) is 0. The predicted molar refractivity (Wildman–Crippen MR) is 88.5 cm³/mol. The lowest BCUT2D eigenvalue weighted by atomic mass is 9.97. The average molecular weight is 318 g/mol. The molecule has 2 rings (SSSR count). The summed E-state index contributed by atoms with van der Waals surface area (Å²) >= 11 is 6.10. The van der Waals surface area contributed by atoms with Gasteiger partial charge in [-0.2, -0.15) is 0 Å². The van der Waals surface area contributed by atoms with Crippen LogP contribution in [0.5, 0.6) is 5.75 Å². The number of halogens is 2. The molecule has 20 heavy (non-hydrogen) atoms. The molecule has 1 aromatic carbocycles. The zero-order valence-corrected chi connectivity index (χ0v) is 13.9. The molecule has 1 heterocycles. The molecule has 0 radical (unpaired) electrons. The maximum atomic E-state index is 6.10. The Morgan fingerprint density at radius 3 is 2.90 bits per heavy atom. The molecule has 2 atom stereocenters. The van der Waals surface area contributed by atoms with Crippen LogP contribution in [0.4, 0.5) is 0 Å².